The maximum Gasteiger partial charge on any atom is 0.278 e. The zero-order chi connectivity index (χ0) is 14.6. The van der Waals surface area contributed by atoms with E-state index in [2.05, 4.69) is 10.6 Å². The van der Waals surface area contributed by atoms with E-state index in [-0.39, 0.29) is 16.8 Å². The average Bonchev–Trinajstić information content (AvgIpc) is 2.43. The number of rotatable bonds is 4. The van der Waals surface area contributed by atoms with Gasteiger partial charge in [0, 0.05) is 25.3 Å². The van der Waals surface area contributed by atoms with Crippen LogP contribution in [0.4, 0.5) is 5.69 Å². The lowest BCUT2D eigenvalue weighted by Crippen LogP contribution is -2.23. The molecular weight excluding hydrogens is 254 g/mol. The third-order valence-electron chi connectivity index (χ3n) is 2.36. The average molecular weight is 265 g/mol. The molecule has 100 valence electrons. The van der Waals surface area contributed by atoms with Crippen molar-refractivity contribution in [1.82, 2.24) is 10.0 Å². The highest BCUT2D eigenvalue weighted by molar-refractivity contribution is 6.01. The summed E-state index contributed by atoms with van der Waals surface area (Å²) in [6.07, 6.45) is 0. The highest BCUT2D eigenvalue weighted by Crippen LogP contribution is 2.17. The minimum absolute atomic E-state index is 0.00866. The first-order chi connectivity index (χ1) is 8.92. The Morgan fingerprint density at radius 3 is 2.05 bits per heavy atom. The smallest absolute Gasteiger partial charge is 0.278 e. The summed E-state index contributed by atoms with van der Waals surface area (Å²) < 4.78 is 0. The van der Waals surface area contributed by atoms with Gasteiger partial charge in [-0.15, -0.1) is 9.81 Å². The monoisotopic (exact) mass is 265 g/mol. The Balaban J connectivity index is 3.11. The second-order valence-corrected chi connectivity index (χ2v) is 3.62. The first kappa shape index (κ1) is 14.2. The third kappa shape index (κ3) is 2.89. The number of nitroso groups, excluding NO2 is 2. The molecule has 0 aromatic heterocycles. The molecule has 0 unspecified atom stereocenters. The van der Waals surface area contributed by atoms with Crippen LogP contribution < -0.4 is 5.73 Å². The summed E-state index contributed by atoms with van der Waals surface area (Å²) in [4.78, 5) is 43.7. The molecule has 0 radical (unpaired) electrons. The van der Waals surface area contributed by atoms with E-state index in [9.17, 15) is 19.4 Å². The Labute approximate surface area is 107 Å². The second kappa shape index (κ2) is 5.67. The van der Waals surface area contributed by atoms with Gasteiger partial charge in [0.15, 0.2) is 0 Å². The van der Waals surface area contributed by atoms with Gasteiger partial charge in [0.25, 0.3) is 11.8 Å². The lowest BCUT2D eigenvalue weighted by atomic mass is 10.1. The predicted molar refractivity (Wildman–Crippen MR) is 66.6 cm³/mol. The third-order valence-corrected chi connectivity index (χ3v) is 2.36. The van der Waals surface area contributed by atoms with Crippen molar-refractivity contribution < 1.29 is 9.59 Å². The normalized spacial score (nSPS) is 9.58. The number of hydrogen-bond donors (Lipinski definition) is 1. The van der Waals surface area contributed by atoms with Crippen molar-refractivity contribution in [2.75, 3.05) is 19.8 Å². The van der Waals surface area contributed by atoms with Gasteiger partial charge in [-0.1, -0.05) is 0 Å². The van der Waals surface area contributed by atoms with E-state index in [0.717, 1.165) is 0 Å². The quantitative estimate of drug-likeness (QED) is 0.489. The number of amides is 2. The Morgan fingerprint density at radius 2 is 1.58 bits per heavy atom. The van der Waals surface area contributed by atoms with Gasteiger partial charge in [-0.25, -0.2) is 0 Å². The molecule has 0 aliphatic rings. The van der Waals surface area contributed by atoms with Crippen LogP contribution in [0.1, 0.15) is 20.7 Å². The second-order valence-electron chi connectivity index (χ2n) is 3.62. The number of nitrogen functional groups attached to an aromatic ring is 1. The SMILES string of the molecule is CN(N=O)C(=O)c1ccc(C(=O)N(C)N=O)c(N)c1. The van der Waals surface area contributed by atoms with Gasteiger partial charge in [0.05, 0.1) is 16.1 Å². The standard InChI is InChI=1S/C10H11N5O4/c1-14(12-18)9(16)6-3-4-7(8(11)5-6)10(17)15(2)13-19/h3-5H,11H2,1-2H3. The largest absolute Gasteiger partial charge is 0.398 e. The molecule has 1 aromatic rings. The lowest BCUT2D eigenvalue weighted by Gasteiger charge is -2.11. The highest BCUT2D eigenvalue weighted by atomic mass is 16.3. The van der Waals surface area contributed by atoms with Crippen molar-refractivity contribution in [3.63, 3.8) is 0 Å². The maximum atomic E-state index is 11.7. The van der Waals surface area contributed by atoms with Crippen molar-refractivity contribution in [2.45, 2.75) is 0 Å². The minimum atomic E-state index is -0.701. The van der Waals surface area contributed by atoms with E-state index < -0.39 is 11.8 Å². The number of benzene rings is 1. The zero-order valence-electron chi connectivity index (χ0n) is 10.2. The molecule has 0 spiro atoms. The van der Waals surface area contributed by atoms with E-state index in [1.54, 1.807) is 0 Å². The summed E-state index contributed by atoms with van der Waals surface area (Å²) in [5, 5.41) is 6.07. The summed E-state index contributed by atoms with van der Waals surface area (Å²) in [6.45, 7) is 0. The fourth-order valence-corrected chi connectivity index (χ4v) is 1.33. The predicted octanol–water partition coefficient (Wildman–Crippen LogP) is 0.776. The van der Waals surface area contributed by atoms with Crippen LogP contribution in [0.2, 0.25) is 0 Å². The topological polar surface area (TPSA) is 125 Å². The molecule has 0 heterocycles. The molecule has 0 atom stereocenters. The van der Waals surface area contributed by atoms with Gasteiger partial charge in [0.2, 0.25) is 0 Å². The Morgan fingerprint density at radius 1 is 1.05 bits per heavy atom. The molecule has 19 heavy (non-hydrogen) atoms. The molecule has 2 amide bonds. The summed E-state index contributed by atoms with van der Waals surface area (Å²) >= 11 is 0. The van der Waals surface area contributed by atoms with Gasteiger partial charge in [0.1, 0.15) is 0 Å². The fraction of sp³-hybridized carbons (Fsp3) is 0.200. The van der Waals surface area contributed by atoms with E-state index >= 15 is 0 Å². The van der Waals surface area contributed by atoms with Crippen molar-refractivity contribution in [1.29, 1.82) is 0 Å². The maximum absolute atomic E-state index is 11.7. The molecule has 2 N–H and O–H groups in total. The molecule has 9 heteroatoms. The molecule has 1 rings (SSSR count). The van der Waals surface area contributed by atoms with Crippen LogP contribution in [0.25, 0.3) is 0 Å². The van der Waals surface area contributed by atoms with Gasteiger partial charge in [-0.3, -0.25) is 9.59 Å². The van der Waals surface area contributed by atoms with Gasteiger partial charge in [-0.2, -0.15) is 10.0 Å². The van der Waals surface area contributed by atoms with Crippen LogP contribution in [0.5, 0.6) is 0 Å². The van der Waals surface area contributed by atoms with Crippen molar-refractivity contribution in [3.8, 4) is 0 Å². The molecule has 0 fully saturated rings. The van der Waals surface area contributed by atoms with Crippen molar-refractivity contribution in [2.24, 2.45) is 10.6 Å². The molecule has 0 aliphatic carbocycles. The first-order valence-corrected chi connectivity index (χ1v) is 5.04. The molecule has 1 aromatic carbocycles. The highest BCUT2D eigenvalue weighted by Gasteiger charge is 2.18. The summed E-state index contributed by atoms with van der Waals surface area (Å²) in [7, 11) is 2.37. The van der Waals surface area contributed by atoms with Gasteiger partial charge >= 0.3 is 0 Å². The van der Waals surface area contributed by atoms with E-state index in [1.165, 1.54) is 32.3 Å². The number of hydrogen-bond acceptors (Lipinski definition) is 7. The Bertz CT molecular complexity index is 545. The van der Waals surface area contributed by atoms with E-state index in [4.69, 9.17) is 5.73 Å². The number of nitrogens with zero attached hydrogens (tertiary/aromatic N) is 4. The number of anilines is 1. The molecule has 0 saturated heterocycles. The van der Waals surface area contributed by atoms with Crippen LogP contribution in [0.3, 0.4) is 0 Å². The van der Waals surface area contributed by atoms with E-state index in [0.29, 0.717) is 10.0 Å². The fourth-order valence-electron chi connectivity index (χ4n) is 1.33. The van der Waals surface area contributed by atoms with Crippen LogP contribution in [0, 0.1) is 9.81 Å². The van der Waals surface area contributed by atoms with Gasteiger partial charge < -0.3 is 5.73 Å². The molecule has 0 saturated carbocycles. The Kier molecular flexibility index (Phi) is 4.24. The van der Waals surface area contributed by atoms with Crippen LogP contribution in [-0.2, 0) is 0 Å². The van der Waals surface area contributed by atoms with Crippen LogP contribution >= 0.6 is 0 Å². The first-order valence-electron chi connectivity index (χ1n) is 5.04. The van der Waals surface area contributed by atoms with Crippen molar-refractivity contribution in [3.05, 3.63) is 39.1 Å². The Hall–Kier alpha value is -2.84. The summed E-state index contributed by atoms with van der Waals surface area (Å²) in [6, 6.07) is 3.79. The molecule has 0 bridgehead atoms. The van der Waals surface area contributed by atoms with Crippen molar-refractivity contribution >= 4 is 17.5 Å². The van der Waals surface area contributed by atoms with Crippen LogP contribution in [-0.4, -0.2) is 35.9 Å². The minimum Gasteiger partial charge on any atom is -0.398 e. The molecular formula is C10H11N5O4. The van der Waals surface area contributed by atoms with Gasteiger partial charge in [-0.05, 0) is 18.2 Å². The van der Waals surface area contributed by atoms with E-state index in [1.807, 2.05) is 0 Å². The lowest BCUT2D eigenvalue weighted by molar-refractivity contribution is 0.0786. The molecule has 9 nitrogen and oxygen atoms in total. The number of nitrogens with two attached hydrogens (primary N) is 1. The summed E-state index contributed by atoms with van der Waals surface area (Å²) in [5.74, 6) is -1.36. The number of carbonyl (C=O) groups is 2. The zero-order valence-corrected chi connectivity index (χ0v) is 10.2. The molecule has 0 aliphatic heterocycles. The number of carbonyl (C=O) groups excluding carboxylic acids is 2. The van der Waals surface area contributed by atoms with Crippen LogP contribution in [0.15, 0.2) is 28.8 Å². The summed E-state index contributed by atoms with van der Waals surface area (Å²) in [5.41, 5.74) is 5.74.